The molecule has 1 aliphatic rings. The first-order valence-electron chi connectivity index (χ1n) is 5.77. The third kappa shape index (κ3) is 1.34. The first-order chi connectivity index (χ1) is 7.38. The molecule has 0 N–H and O–H groups in total. The maximum atomic E-state index is 4.75. The van der Waals surface area contributed by atoms with Crippen molar-refractivity contribution in [2.45, 2.75) is 32.1 Å². The van der Waals surface area contributed by atoms with E-state index in [0.29, 0.717) is 0 Å². The van der Waals surface area contributed by atoms with Gasteiger partial charge in [-0.1, -0.05) is 25.1 Å². The van der Waals surface area contributed by atoms with Gasteiger partial charge in [-0.3, -0.25) is 4.98 Å². The first-order valence-corrected chi connectivity index (χ1v) is 5.77. The normalized spacial score (nSPS) is 19.4. The van der Waals surface area contributed by atoms with E-state index in [1.165, 1.54) is 35.9 Å². The molecule has 1 atom stereocenters. The van der Waals surface area contributed by atoms with E-state index in [1.807, 2.05) is 0 Å². The highest BCUT2D eigenvalue weighted by molar-refractivity contribution is 5.79. The highest BCUT2D eigenvalue weighted by atomic mass is 14.7. The number of fused-ring (bicyclic) bond motifs is 2. The van der Waals surface area contributed by atoms with Crippen molar-refractivity contribution < 1.29 is 0 Å². The van der Waals surface area contributed by atoms with Crippen LogP contribution < -0.4 is 0 Å². The summed E-state index contributed by atoms with van der Waals surface area (Å²) >= 11 is 0. The molecule has 0 bridgehead atoms. The number of nitrogens with zero attached hydrogens (tertiary/aromatic N) is 1. The van der Waals surface area contributed by atoms with Crippen molar-refractivity contribution in [3.05, 3.63) is 41.6 Å². The number of rotatable bonds is 1. The number of aryl methyl sites for hydroxylation is 1. The van der Waals surface area contributed by atoms with Crippen molar-refractivity contribution in [2.24, 2.45) is 0 Å². The molecule has 0 unspecified atom stereocenters. The molecule has 1 aromatic heterocycles. The van der Waals surface area contributed by atoms with Crippen LogP contribution in [-0.4, -0.2) is 4.98 Å². The summed E-state index contributed by atoms with van der Waals surface area (Å²) in [6.45, 7) is 2.27. The van der Waals surface area contributed by atoms with Gasteiger partial charge in [-0.05, 0) is 42.9 Å². The summed E-state index contributed by atoms with van der Waals surface area (Å²) in [6, 6.07) is 10.8. The largest absolute Gasteiger partial charge is 0.253 e. The van der Waals surface area contributed by atoms with E-state index >= 15 is 0 Å². The summed E-state index contributed by atoms with van der Waals surface area (Å²) in [5.41, 5.74) is 3.98. The third-order valence-electron chi connectivity index (χ3n) is 3.50. The second-order valence-corrected chi connectivity index (χ2v) is 4.36. The van der Waals surface area contributed by atoms with Gasteiger partial charge in [0.1, 0.15) is 0 Å². The molecular weight excluding hydrogens is 182 g/mol. The fourth-order valence-corrected chi connectivity index (χ4v) is 2.62. The molecule has 0 radical (unpaired) electrons. The number of hydrogen-bond donors (Lipinski definition) is 0. The number of para-hydroxylation sites is 1. The average molecular weight is 197 g/mol. The molecule has 0 amide bonds. The molecule has 3 rings (SSSR count). The molecule has 1 aliphatic carbocycles. The van der Waals surface area contributed by atoms with Crippen LogP contribution in [0.1, 0.15) is 36.9 Å². The van der Waals surface area contributed by atoms with Gasteiger partial charge < -0.3 is 0 Å². The van der Waals surface area contributed by atoms with Gasteiger partial charge in [0.25, 0.3) is 0 Å². The van der Waals surface area contributed by atoms with Crippen molar-refractivity contribution in [1.82, 2.24) is 4.98 Å². The van der Waals surface area contributed by atoms with Gasteiger partial charge in [0.15, 0.2) is 0 Å². The molecule has 76 valence electrons. The molecule has 15 heavy (non-hydrogen) atoms. The van der Waals surface area contributed by atoms with E-state index in [1.54, 1.807) is 0 Å². The van der Waals surface area contributed by atoms with Gasteiger partial charge in [0.2, 0.25) is 0 Å². The van der Waals surface area contributed by atoms with Gasteiger partial charge in [0, 0.05) is 11.1 Å². The minimum Gasteiger partial charge on any atom is -0.253 e. The smallest absolute Gasteiger partial charge is 0.0705 e. The predicted octanol–water partition coefficient (Wildman–Crippen LogP) is 3.67. The summed E-state index contributed by atoms with van der Waals surface area (Å²) < 4.78 is 0. The molecule has 0 aliphatic heterocycles. The summed E-state index contributed by atoms with van der Waals surface area (Å²) in [5.74, 6) is 0.747. The SMILES string of the molecule is CC[C@H]1CCc2nc3ccccc3cc21. The number of hydrogen-bond acceptors (Lipinski definition) is 1. The maximum Gasteiger partial charge on any atom is 0.0705 e. The topological polar surface area (TPSA) is 12.9 Å². The quantitative estimate of drug-likeness (QED) is 0.679. The van der Waals surface area contributed by atoms with Crippen LogP contribution in [0, 0.1) is 0 Å². The van der Waals surface area contributed by atoms with Crippen LogP contribution >= 0.6 is 0 Å². The van der Waals surface area contributed by atoms with Crippen molar-refractivity contribution in [2.75, 3.05) is 0 Å². The molecule has 0 saturated carbocycles. The highest BCUT2D eigenvalue weighted by Gasteiger charge is 2.22. The van der Waals surface area contributed by atoms with Gasteiger partial charge in [-0.2, -0.15) is 0 Å². The minimum atomic E-state index is 0.747. The monoisotopic (exact) mass is 197 g/mol. The van der Waals surface area contributed by atoms with E-state index < -0.39 is 0 Å². The Labute approximate surface area is 90.2 Å². The fourth-order valence-electron chi connectivity index (χ4n) is 2.62. The Balaban J connectivity index is 2.23. The average Bonchev–Trinajstić information content (AvgIpc) is 2.68. The summed E-state index contributed by atoms with van der Waals surface area (Å²) in [4.78, 5) is 4.75. The molecule has 1 aromatic carbocycles. The van der Waals surface area contributed by atoms with E-state index in [0.717, 1.165) is 11.4 Å². The molecule has 1 heteroatoms. The third-order valence-corrected chi connectivity index (χ3v) is 3.50. The van der Waals surface area contributed by atoms with E-state index in [-0.39, 0.29) is 0 Å². The Morgan fingerprint density at radius 3 is 3.07 bits per heavy atom. The predicted molar refractivity (Wildman–Crippen MR) is 63.1 cm³/mol. The van der Waals surface area contributed by atoms with Crippen LogP contribution in [-0.2, 0) is 6.42 Å². The Morgan fingerprint density at radius 2 is 2.20 bits per heavy atom. The Hall–Kier alpha value is -1.37. The molecule has 0 saturated heterocycles. The lowest BCUT2D eigenvalue weighted by molar-refractivity contribution is 0.656. The Morgan fingerprint density at radius 1 is 1.33 bits per heavy atom. The standard InChI is InChI=1S/C14H15N/c1-2-10-7-8-14-12(10)9-11-5-3-4-6-13(11)15-14/h3-6,9-10H,2,7-8H2,1H3/t10-/m0/s1. The lowest BCUT2D eigenvalue weighted by Gasteiger charge is -2.08. The van der Waals surface area contributed by atoms with Gasteiger partial charge in [-0.25, -0.2) is 0 Å². The zero-order valence-corrected chi connectivity index (χ0v) is 9.03. The second-order valence-electron chi connectivity index (χ2n) is 4.36. The molecule has 1 heterocycles. The zero-order chi connectivity index (χ0) is 10.3. The maximum absolute atomic E-state index is 4.75. The number of pyridine rings is 1. The molecule has 2 aromatic rings. The Kier molecular flexibility index (Phi) is 1.98. The van der Waals surface area contributed by atoms with Crippen LogP contribution in [0.4, 0.5) is 0 Å². The molecular formula is C14H15N. The number of aromatic nitrogens is 1. The van der Waals surface area contributed by atoms with Crippen LogP contribution in [0.25, 0.3) is 10.9 Å². The molecule has 0 fully saturated rings. The van der Waals surface area contributed by atoms with Crippen molar-refractivity contribution in [1.29, 1.82) is 0 Å². The minimum absolute atomic E-state index is 0.747. The Bertz CT molecular complexity index is 502. The van der Waals surface area contributed by atoms with Crippen LogP contribution in [0.15, 0.2) is 30.3 Å². The van der Waals surface area contributed by atoms with Crippen LogP contribution in [0.5, 0.6) is 0 Å². The van der Waals surface area contributed by atoms with Crippen molar-refractivity contribution >= 4 is 10.9 Å². The molecule has 0 spiro atoms. The van der Waals surface area contributed by atoms with Gasteiger partial charge >= 0.3 is 0 Å². The fraction of sp³-hybridized carbons (Fsp3) is 0.357. The number of benzene rings is 1. The summed E-state index contributed by atoms with van der Waals surface area (Å²) in [6.07, 6.45) is 3.70. The second kappa shape index (κ2) is 3.34. The van der Waals surface area contributed by atoms with Crippen LogP contribution in [0.3, 0.4) is 0 Å². The lowest BCUT2D eigenvalue weighted by Crippen LogP contribution is -1.93. The van der Waals surface area contributed by atoms with Gasteiger partial charge in [0.05, 0.1) is 5.52 Å². The summed E-state index contributed by atoms with van der Waals surface area (Å²) in [5, 5.41) is 1.29. The lowest BCUT2D eigenvalue weighted by atomic mass is 9.99. The van der Waals surface area contributed by atoms with E-state index in [2.05, 4.69) is 37.3 Å². The van der Waals surface area contributed by atoms with Crippen LogP contribution in [0.2, 0.25) is 0 Å². The van der Waals surface area contributed by atoms with Gasteiger partial charge in [-0.15, -0.1) is 0 Å². The summed E-state index contributed by atoms with van der Waals surface area (Å²) in [7, 11) is 0. The molecule has 1 nitrogen and oxygen atoms in total. The zero-order valence-electron chi connectivity index (χ0n) is 9.03. The van der Waals surface area contributed by atoms with Crippen molar-refractivity contribution in [3.8, 4) is 0 Å². The first kappa shape index (κ1) is 8.90. The van der Waals surface area contributed by atoms with Crippen molar-refractivity contribution in [3.63, 3.8) is 0 Å². The van der Waals surface area contributed by atoms with E-state index in [4.69, 9.17) is 4.98 Å². The van der Waals surface area contributed by atoms with E-state index in [9.17, 15) is 0 Å². The highest BCUT2D eigenvalue weighted by Crippen LogP contribution is 2.35.